The van der Waals surface area contributed by atoms with Gasteiger partial charge in [-0.15, -0.1) is 0 Å². The van der Waals surface area contributed by atoms with Crippen molar-refractivity contribution in [2.75, 3.05) is 0 Å². The summed E-state index contributed by atoms with van der Waals surface area (Å²) in [5.74, 6) is -0.00273. The highest BCUT2D eigenvalue weighted by Crippen LogP contribution is 2.21. The van der Waals surface area contributed by atoms with Crippen molar-refractivity contribution in [3.8, 4) is 5.69 Å². The number of rotatable bonds is 3. The van der Waals surface area contributed by atoms with Gasteiger partial charge in [0.05, 0.1) is 16.8 Å². The van der Waals surface area contributed by atoms with Gasteiger partial charge in [0.1, 0.15) is 0 Å². The number of benzene rings is 2. The van der Waals surface area contributed by atoms with Crippen LogP contribution in [0.5, 0.6) is 0 Å². The SMILES string of the molecule is O=C(NC1CCCCC1)c1ccccc1-n1cc2ccccc2n1. The summed E-state index contributed by atoms with van der Waals surface area (Å²) in [6.45, 7) is 0. The first kappa shape index (κ1) is 14.9. The molecule has 1 saturated carbocycles. The van der Waals surface area contributed by atoms with Gasteiger partial charge >= 0.3 is 0 Å². The summed E-state index contributed by atoms with van der Waals surface area (Å²) >= 11 is 0. The molecule has 1 aliphatic carbocycles. The second-order valence-corrected chi connectivity index (χ2v) is 6.46. The molecule has 0 saturated heterocycles. The van der Waals surface area contributed by atoms with Gasteiger partial charge in [0.15, 0.2) is 0 Å². The number of fused-ring (bicyclic) bond motifs is 1. The van der Waals surface area contributed by atoms with Crippen LogP contribution in [0, 0.1) is 0 Å². The Balaban J connectivity index is 1.65. The number of carbonyl (C=O) groups is 1. The van der Waals surface area contributed by atoms with E-state index < -0.39 is 0 Å². The van der Waals surface area contributed by atoms with Crippen LogP contribution in [0.15, 0.2) is 54.7 Å². The van der Waals surface area contributed by atoms with Crippen molar-refractivity contribution in [2.24, 2.45) is 0 Å². The molecule has 0 bridgehead atoms. The van der Waals surface area contributed by atoms with Gasteiger partial charge in [-0.2, -0.15) is 5.10 Å². The van der Waals surface area contributed by atoms with Crippen LogP contribution in [0.1, 0.15) is 42.5 Å². The zero-order valence-electron chi connectivity index (χ0n) is 13.6. The highest BCUT2D eigenvalue weighted by Gasteiger charge is 2.19. The van der Waals surface area contributed by atoms with Crippen LogP contribution in [0.4, 0.5) is 0 Å². The minimum absolute atomic E-state index is 0.00273. The number of hydrogen-bond donors (Lipinski definition) is 1. The van der Waals surface area contributed by atoms with E-state index in [1.165, 1.54) is 19.3 Å². The zero-order chi connectivity index (χ0) is 16.4. The third kappa shape index (κ3) is 2.92. The van der Waals surface area contributed by atoms with Crippen LogP contribution < -0.4 is 5.32 Å². The number of nitrogens with zero attached hydrogens (tertiary/aromatic N) is 2. The van der Waals surface area contributed by atoms with Crippen molar-refractivity contribution in [3.63, 3.8) is 0 Å². The molecule has 122 valence electrons. The Morgan fingerprint density at radius 2 is 1.75 bits per heavy atom. The summed E-state index contributed by atoms with van der Waals surface area (Å²) in [5, 5.41) is 8.88. The number of hydrogen-bond acceptors (Lipinski definition) is 2. The summed E-state index contributed by atoms with van der Waals surface area (Å²) in [6, 6.07) is 16.0. The lowest BCUT2D eigenvalue weighted by Crippen LogP contribution is -2.36. The first-order valence-electron chi connectivity index (χ1n) is 8.66. The lowest BCUT2D eigenvalue weighted by Gasteiger charge is -2.23. The summed E-state index contributed by atoms with van der Waals surface area (Å²) < 4.78 is 1.81. The largest absolute Gasteiger partial charge is 0.349 e. The normalized spacial score (nSPS) is 15.5. The fourth-order valence-corrected chi connectivity index (χ4v) is 3.46. The van der Waals surface area contributed by atoms with E-state index in [9.17, 15) is 4.79 Å². The van der Waals surface area contributed by atoms with Crippen LogP contribution in [0.25, 0.3) is 16.6 Å². The Kier molecular flexibility index (Phi) is 4.03. The molecule has 1 amide bonds. The van der Waals surface area contributed by atoms with Crippen LogP contribution in [0.2, 0.25) is 0 Å². The Labute approximate surface area is 141 Å². The monoisotopic (exact) mass is 319 g/mol. The van der Waals surface area contributed by atoms with Crippen molar-refractivity contribution in [2.45, 2.75) is 38.1 Å². The third-order valence-electron chi connectivity index (χ3n) is 4.75. The highest BCUT2D eigenvalue weighted by molar-refractivity contribution is 5.98. The van der Waals surface area contributed by atoms with E-state index in [-0.39, 0.29) is 5.91 Å². The maximum Gasteiger partial charge on any atom is 0.253 e. The molecule has 2 aromatic carbocycles. The number of nitrogens with one attached hydrogen (secondary N) is 1. The molecule has 0 atom stereocenters. The predicted molar refractivity (Wildman–Crippen MR) is 95.4 cm³/mol. The molecular formula is C20H21N3O. The molecule has 0 aliphatic heterocycles. The number of para-hydroxylation sites is 1. The second kappa shape index (κ2) is 6.48. The highest BCUT2D eigenvalue weighted by atomic mass is 16.1. The van der Waals surface area contributed by atoms with Crippen molar-refractivity contribution < 1.29 is 4.79 Å². The number of carbonyl (C=O) groups excluding carboxylic acids is 1. The van der Waals surface area contributed by atoms with Gasteiger partial charge in [0.2, 0.25) is 0 Å². The van der Waals surface area contributed by atoms with Gasteiger partial charge in [-0.3, -0.25) is 4.79 Å². The third-order valence-corrected chi connectivity index (χ3v) is 4.75. The van der Waals surface area contributed by atoms with E-state index in [1.807, 2.05) is 54.7 Å². The van der Waals surface area contributed by atoms with Crippen LogP contribution in [-0.2, 0) is 0 Å². The molecule has 1 aromatic heterocycles. The van der Waals surface area contributed by atoms with E-state index in [2.05, 4.69) is 10.4 Å². The fourth-order valence-electron chi connectivity index (χ4n) is 3.46. The molecule has 4 heteroatoms. The lowest BCUT2D eigenvalue weighted by atomic mass is 9.95. The molecule has 1 fully saturated rings. The van der Waals surface area contributed by atoms with Crippen LogP contribution >= 0.6 is 0 Å². The van der Waals surface area contributed by atoms with Gasteiger partial charge in [0.25, 0.3) is 5.91 Å². The molecule has 1 heterocycles. The molecule has 0 unspecified atom stereocenters. The van der Waals surface area contributed by atoms with E-state index in [0.717, 1.165) is 29.4 Å². The van der Waals surface area contributed by atoms with Crippen molar-refractivity contribution in [1.29, 1.82) is 0 Å². The average Bonchev–Trinajstić information content (AvgIpc) is 3.06. The molecular weight excluding hydrogens is 298 g/mol. The molecule has 0 radical (unpaired) electrons. The summed E-state index contributed by atoms with van der Waals surface area (Å²) in [7, 11) is 0. The van der Waals surface area contributed by atoms with Crippen molar-refractivity contribution in [1.82, 2.24) is 15.1 Å². The fraction of sp³-hybridized carbons (Fsp3) is 0.300. The minimum Gasteiger partial charge on any atom is -0.349 e. The van der Waals surface area contributed by atoms with Gasteiger partial charge in [-0.25, -0.2) is 4.68 Å². The lowest BCUT2D eigenvalue weighted by molar-refractivity contribution is 0.0927. The standard InChI is InChI=1S/C20H21N3O/c24-20(21-16-9-2-1-3-10-16)17-11-5-7-13-19(17)23-14-15-8-4-6-12-18(15)22-23/h4-8,11-14,16H,1-3,9-10H2,(H,21,24). The summed E-state index contributed by atoms with van der Waals surface area (Å²) in [5.41, 5.74) is 2.43. The van der Waals surface area contributed by atoms with Crippen LogP contribution in [0.3, 0.4) is 0 Å². The van der Waals surface area contributed by atoms with E-state index >= 15 is 0 Å². The molecule has 0 spiro atoms. The first-order valence-corrected chi connectivity index (χ1v) is 8.66. The predicted octanol–water partition coefficient (Wildman–Crippen LogP) is 4.09. The van der Waals surface area contributed by atoms with E-state index in [4.69, 9.17) is 0 Å². The van der Waals surface area contributed by atoms with Gasteiger partial charge in [-0.1, -0.05) is 49.6 Å². The number of amides is 1. The molecule has 1 N–H and O–H groups in total. The first-order chi connectivity index (χ1) is 11.8. The quantitative estimate of drug-likeness (QED) is 0.790. The molecule has 4 rings (SSSR count). The van der Waals surface area contributed by atoms with Gasteiger partial charge in [0, 0.05) is 17.6 Å². The maximum absolute atomic E-state index is 12.8. The Bertz CT molecular complexity index is 829. The molecule has 4 nitrogen and oxygen atoms in total. The van der Waals surface area contributed by atoms with Crippen molar-refractivity contribution in [3.05, 3.63) is 60.3 Å². The zero-order valence-corrected chi connectivity index (χ0v) is 13.6. The molecule has 24 heavy (non-hydrogen) atoms. The Morgan fingerprint density at radius 3 is 2.58 bits per heavy atom. The van der Waals surface area contributed by atoms with Crippen molar-refractivity contribution >= 4 is 16.8 Å². The Hall–Kier alpha value is -2.62. The van der Waals surface area contributed by atoms with E-state index in [0.29, 0.717) is 11.6 Å². The Morgan fingerprint density at radius 1 is 1.00 bits per heavy atom. The summed E-state index contributed by atoms with van der Waals surface area (Å²) in [4.78, 5) is 12.8. The van der Waals surface area contributed by atoms with Gasteiger partial charge < -0.3 is 5.32 Å². The average molecular weight is 319 g/mol. The molecule has 1 aliphatic rings. The maximum atomic E-state index is 12.8. The van der Waals surface area contributed by atoms with Crippen LogP contribution in [-0.4, -0.2) is 21.7 Å². The number of aromatic nitrogens is 2. The summed E-state index contributed by atoms with van der Waals surface area (Å²) in [6.07, 6.45) is 7.83. The smallest absolute Gasteiger partial charge is 0.253 e. The minimum atomic E-state index is -0.00273. The molecule has 3 aromatic rings. The van der Waals surface area contributed by atoms with E-state index in [1.54, 1.807) is 4.68 Å². The van der Waals surface area contributed by atoms with Gasteiger partial charge in [-0.05, 0) is 31.0 Å². The topological polar surface area (TPSA) is 46.9 Å². The second-order valence-electron chi connectivity index (χ2n) is 6.46.